The minimum Gasteiger partial charge on any atom is -0.504 e. The highest BCUT2D eigenvalue weighted by molar-refractivity contribution is 6.19. The van der Waals surface area contributed by atoms with Gasteiger partial charge in [-0.2, -0.15) is 10.1 Å². The molecule has 2 aromatic carbocycles. The maximum atomic E-state index is 13.3. The first-order valence-corrected chi connectivity index (χ1v) is 9.94. The van der Waals surface area contributed by atoms with Gasteiger partial charge in [0.2, 0.25) is 5.95 Å². The maximum Gasteiger partial charge on any atom is 0.301 e. The van der Waals surface area contributed by atoms with Crippen LogP contribution in [-0.2, 0) is 4.79 Å². The topological polar surface area (TPSA) is 200 Å². The summed E-state index contributed by atoms with van der Waals surface area (Å²) in [5, 5.41) is 37.4. The van der Waals surface area contributed by atoms with Crippen molar-refractivity contribution in [3.8, 4) is 22.8 Å². The van der Waals surface area contributed by atoms with Crippen LogP contribution in [0.2, 0.25) is 0 Å². The number of aromatic hydroxyl groups is 1. The zero-order valence-corrected chi connectivity index (χ0v) is 18.3. The average molecular weight is 479 g/mol. The molecule has 3 N–H and O–H groups in total. The van der Waals surface area contributed by atoms with E-state index in [2.05, 4.69) is 15.1 Å². The van der Waals surface area contributed by atoms with Crippen LogP contribution in [-0.4, -0.2) is 43.6 Å². The Morgan fingerprint density at radius 3 is 2.49 bits per heavy atom. The summed E-state index contributed by atoms with van der Waals surface area (Å²) in [4.78, 5) is 42.6. The van der Waals surface area contributed by atoms with E-state index < -0.39 is 33.0 Å². The first kappa shape index (κ1) is 23.0. The van der Waals surface area contributed by atoms with Crippen molar-refractivity contribution in [1.82, 2.24) is 9.97 Å². The second kappa shape index (κ2) is 8.66. The fraction of sp³-hybridized carbons (Fsp3) is 0.143. The number of nitrogen functional groups attached to an aromatic ring is 1. The standard InChI is InChI=1S/C21H17N7O7/c1-10-19(14-9-13(23-21(22)24-14)11-3-6-17(29)18(7-11)35-2)20(30)26(25-10)15-5-4-12(27(31)32)8-16(15)28(33)34/h3-9,19,29H,1-2H3,(H2,22,23,24). The molecule has 0 fully saturated rings. The summed E-state index contributed by atoms with van der Waals surface area (Å²) in [6, 6.07) is 8.94. The molecule has 178 valence electrons. The van der Waals surface area contributed by atoms with E-state index in [0.717, 1.165) is 23.2 Å². The molecule has 0 radical (unpaired) electrons. The van der Waals surface area contributed by atoms with Crippen LogP contribution < -0.4 is 15.5 Å². The number of phenols is 1. The number of phenolic OH excluding ortho intramolecular Hbond substituents is 1. The minimum absolute atomic E-state index is 0.0761. The van der Waals surface area contributed by atoms with Gasteiger partial charge in [0.05, 0.1) is 40.1 Å². The number of carbonyl (C=O) groups is 1. The number of nitro benzene ring substituents is 2. The quantitative estimate of drug-likeness (QED) is 0.391. The van der Waals surface area contributed by atoms with Crippen LogP contribution in [0.4, 0.5) is 23.0 Å². The van der Waals surface area contributed by atoms with Crippen LogP contribution in [0.25, 0.3) is 11.3 Å². The van der Waals surface area contributed by atoms with Crippen LogP contribution >= 0.6 is 0 Å². The summed E-state index contributed by atoms with van der Waals surface area (Å²) in [6.45, 7) is 1.54. The van der Waals surface area contributed by atoms with E-state index in [1.54, 1.807) is 13.0 Å². The number of anilines is 2. The molecule has 35 heavy (non-hydrogen) atoms. The molecule has 0 saturated carbocycles. The highest BCUT2D eigenvalue weighted by Crippen LogP contribution is 2.38. The SMILES string of the molecule is COc1cc(-c2cc(C3C(=O)N(c4ccc([N+](=O)[O-])cc4[N+](=O)[O-])N=C3C)nc(N)n2)ccc1O. The number of rotatable bonds is 6. The molecular formula is C21H17N7O7. The third-order valence-corrected chi connectivity index (χ3v) is 5.26. The smallest absolute Gasteiger partial charge is 0.301 e. The van der Waals surface area contributed by atoms with Crippen molar-refractivity contribution in [1.29, 1.82) is 0 Å². The summed E-state index contributed by atoms with van der Waals surface area (Å²) in [6.07, 6.45) is 0. The van der Waals surface area contributed by atoms with Crippen molar-refractivity contribution in [3.63, 3.8) is 0 Å². The van der Waals surface area contributed by atoms with Gasteiger partial charge in [-0.05, 0) is 37.3 Å². The third kappa shape index (κ3) is 4.15. The number of benzene rings is 2. The number of non-ortho nitro benzene ring substituents is 1. The van der Waals surface area contributed by atoms with Crippen LogP contribution in [0.5, 0.6) is 11.5 Å². The van der Waals surface area contributed by atoms with Gasteiger partial charge in [-0.1, -0.05) is 0 Å². The van der Waals surface area contributed by atoms with Crippen LogP contribution in [0, 0.1) is 20.2 Å². The summed E-state index contributed by atoms with van der Waals surface area (Å²) < 4.78 is 5.12. The van der Waals surface area contributed by atoms with Crippen LogP contribution in [0.3, 0.4) is 0 Å². The Balaban J connectivity index is 1.75. The molecule has 14 nitrogen and oxygen atoms in total. The molecule has 14 heteroatoms. The van der Waals surface area contributed by atoms with Crippen molar-refractivity contribution in [2.45, 2.75) is 12.8 Å². The molecule has 0 saturated heterocycles. The lowest BCUT2D eigenvalue weighted by molar-refractivity contribution is -0.393. The summed E-state index contributed by atoms with van der Waals surface area (Å²) in [7, 11) is 1.39. The summed E-state index contributed by atoms with van der Waals surface area (Å²) >= 11 is 0. The second-order valence-electron chi connectivity index (χ2n) is 7.43. The molecule has 1 unspecified atom stereocenters. The van der Waals surface area contributed by atoms with E-state index in [4.69, 9.17) is 10.5 Å². The molecule has 4 rings (SSSR count). The van der Waals surface area contributed by atoms with E-state index in [1.807, 2.05) is 0 Å². The molecule has 1 atom stereocenters. The summed E-state index contributed by atoms with van der Waals surface area (Å²) in [5.74, 6) is -1.70. The number of hydrazone groups is 1. The molecule has 3 aromatic rings. The van der Waals surface area contributed by atoms with Gasteiger partial charge in [0.25, 0.3) is 11.6 Å². The number of aromatic nitrogens is 2. The highest BCUT2D eigenvalue weighted by atomic mass is 16.6. The van der Waals surface area contributed by atoms with Crippen LogP contribution in [0.15, 0.2) is 47.6 Å². The Labute approximate surface area is 196 Å². The number of ether oxygens (including phenoxy) is 1. The Morgan fingerprint density at radius 1 is 1.09 bits per heavy atom. The normalized spacial score (nSPS) is 15.1. The van der Waals surface area contributed by atoms with Gasteiger partial charge in [-0.25, -0.2) is 9.97 Å². The number of hydrogen-bond acceptors (Lipinski definition) is 11. The summed E-state index contributed by atoms with van der Waals surface area (Å²) in [5.41, 5.74) is 5.85. The van der Waals surface area contributed by atoms with Gasteiger partial charge < -0.3 is 15.6 Å². The highest BCUT2D eigenvalue weighted by Gasteiger charge is 2.40. The maximum absolute atomic E-state index is 13.3. The molecule has 2 heterocycles. The van der Waals surface area contributed by atoms with Gasteiger partial charge in [-0.15, -0.1) is 0 Å². The number of carbonyl (C=O) groups excluding carboxylic acids is 1. The van der Waals surface area contributed by atoms with E-state index in [-0.39, 0.29) is 34.5 Å². The van der Waals surface area contributed by atoms with E-state index in [1.165, 1.54) is 25.3 Å². The van der Waals surface area contributed by atoms with Gasteiger partial charge in [0.15, 0.2) is 11.5 Å². The lowest BCUT2D eigenvalue weighted by Crippen LogP contribution is -2.27. The zero-order valence-electron chi connectivity index (χ0n) is 18.3. The van der Waals surface area contributed by atoms with Gasteiger partial charge in [0, 0.05) is 11.6 Å². The molecule has 1 amide bonds. The predicted molar refractivity (Wildman–Crippen MR) is 123 cm³/mol. The van der Waals surface area contributed by atoms with Gasteiger partial charge in [0.1, 0.15) is 11.6 Å². The van der Waals surface area contributed by atoms with Crippen molar-refractivity contribution >= 4 is 34.6 Å². The molecular weight excluding hydrogens is 462 g/mol. The van der Waals surface area contributed by atoms with Crippen molar-refractivity contribution in [2.24, 2.45) is 5.10 Å². The number of methoxy groups -OCH3 is 1. The van der Waals surface area contributed by atoms with E-state index in [0.29, 0.717) is 11.3 Å². The predicted octanol–water partition coefficient (Wildman–Crippen LogP) is 2.76. The van der Waals surface area contributed by atoms with Gasteiger partial charge >= 0.3 is 5.69 Å². The van der Waals surface area contributed by atoms with Crippen molar-refractivity contribution in [3.05, 3.63) is 68.4 Å². The fourth-order valence-corrected chi connectivity index (χ4v) is 3.65. The van der Waals surface area contributed by atoms with Crippen LogP contribution in [0.1, 0.15) is 18.5 Å². The van der Waals surface area contributed by atoms with Crippen molar-refractivity contribution < 1.29 is 24.5 Å². The Morgan fingerprint density at radius 2 is 1.83 bits per heavy atom. The second-order valence-corrected chi connectivity index (χ2v) is 7.43. The number of hydrogen-bond donors (Lipinski definition) is 2. The largest absolute Gasteiger partial charge is 0.504 e. The minimum atomic E-state index is -1.03. The number of amides is 1. The van der Waals surface area contributed by atoms with Crippen molar-refractivity contribution in [2.75, 3.05) is 17.9 Å². The number of nitro groups is 2. The van der Waals surface area contributed by atoms with E-state index in [9.17, 15) is 30.1 Å². The molecule has 0 bridgehead atoms. The van der Waals surface area contributed by atoms with Gasteiger partial charge in [-0.3, -0.25) is 25.0 Å². The zero-order chi connectivity index (χ0) is 25.4. The Hall–Kier alpha value is -5.14. The molecule has 0 aliphatic carbocycles. The number of nitrogens with zero attached hydrogens (tertiary/aromatic N) is 6. The molecule has 0 spiro atoms. The van der Waals surface area contributed by atoms with E-state index >= 15 is 0 Å². The average Bonchev–Trinajstić information content (AvgIpc) is 3.11. The Kier molecular flexibility index (Phi) is 5.70. The monoisotopic (exact) mass is 479 g/mol. The number of nitrogens with two attached hydrogens (primary N) is 1. The fourth-order valence-electron chi connectivity index (χ4n) is 3.65. The molecule has 1 aromatic heterocycles. The first-order valence-electron chi connectivity index (χ1n) is 9.94. The molecule has 1 aliphatic rings. The Bertz CT molecular complexity index is 1420. The first-order chi connectivity index (χ1) is 16.6. The third-order valence-electron chi connectivity index (χ3n) is 5.26. The lowest BCUT2D eigenvalue weighted by Gasteiger charge is -2.15. The molecule has 1 aliphatic heterocycles. The lowest BCUT2D eigenvalue weighted by atomic mass is 9.98.